The summed E-state index contributed by atoms with van der Waals surface area (Å²) >= 11 is 1.48. The number of likely N-dealkylation sites (tertiary alicyclic amines) is 1. The molecule has 2 aromatic heterocycles. The van der Waals surface area contributed by atoms with Crippen LogP contribution in [0.4, 0.5) is 0 Å². The van der Waals surface area contributed by atoms with Gasteiger partial charge in [-0.2, -0.15) is 0 Å². The summed E-state index contributed by atoms with van der Waals surface area (Å²) in [7, 11) is 0. The molecule has 136 valence electrons. The van der Waals surface area contributed by atoms with Crippen LogP contribution in [0.1, 0.15) is 35.4 Å². The van der Waals surface area contributed by atoms with Crippen LogP contribution < -0.4 is 5.32 Å². The lowest BCUT2D eigenvalue weighted by Crippen LogP contribution is -2.33. The number of amides is 1. The zero-order valence-corrected chi connectivity index (χ0v) is 15.7. The van der Waals surface area contributed by atoms with Gasteiger partial charge in [0.25, 0.3) is 5.91 Å². The molecule has 3 heterocycles. The van der Waals surface area contributed by atoms with Crippen LogP contribution in [-0.2, 0) is 0 Å². The average molecular weight is 369 g/mol. The Kier molecular flexibility index (Phi) is 5.32. The van der Waals surface area contributed by atoms with Crippen molar-refractivity contribution in [2.75, 3.05) is 26.2 Å². The molecule has 3 aromatic rings. The van der Waals surface area contributed by atoms with Crippen LogP contribution in [0.15, 0.2) is 42.0 Å². The predicted octanol–water partition coefficient (Wildman–Crippen LogP) is 3.69. The van der Waals surface area contributed by atoms with E-state index in [1.165, 1.54) is 43.7 Å². The van der Waals surface area contributed by atoms with E-state index >= 15 is 0 Å². The highest BCUT2D eigenvalue weighted by molar-refractivity contribution is 7.12. The first-order chi connectivity index (χ1) is 12.8. The summed E-state index contributed by atoms with van der Waals surface area (Å²) in [5, 5.41) is 5.06. The molecule has 6 heteroatoms. The molecule has 0 aliphatic carbocycles. The normalized spacial score (nSPS) is 15.4. The number of fused-ring (bicyclic) bond motifs is 1. The first-order valence-electron chi connectivity index (χ1n) is 9.33. The maximum Gasteiger partial charge on any atom is 0.261 e. The summed E-state index contributed by atoms with van der Waals surface area (Å²) in [6.45, 7) is 4.23. The van der Waals surface area contributed by atoms with E-state index < -0.39 is 0 Å². The predicted molar refractivity (Wildman–Crippen MR) is 106 cm³/mol. The number of piperidine rings is 1. The molecule has 1 aliphatic heterocycles. The number of para-hydroxylation sites is 2. The molecular formula is C20H24N4OS. The van der Waals surface area contributed by atoms with Crippen molar-refractivity contribution in [1.82, 2.24) is 19.8 Å². The number of nitrogens with zero attached hydrogens (tertiary/aromatic N) is 3. The van der Waals surface area contributed by atoms with Crippen LogP contribution in [0, 0.1) is 0 Å². The minimum atomic E-state index is 0.0179. The van der Waals surface area contributed by atoms with Crippen molar-refractivity contribution in [3.63, 3.8) is 0 Å². The number of aromatic nitrogens is 2. The minimum Gasteiger partial charge on any atom is -0.351 e. The zero-order chi connectivity index (χ0) is 17.8. The first-order valence-corrected chi connectivity index (χ1v) is 10.2. The maximum absolute atomic E-state index is 12.4. The molecule has 1 N–H and O–H groups in total. The van der Waals surface area contributed by atoms with Gasteiger partial charge in [0.1, 0.15) is 6.33 Å². The number of benzene rings is 1. The molecule has 0 bridgehead atoms. The van der Waals surface area contributed by atoms with E-state index in [2.05, 4.69) is 15.2 Å². The summed E-state index contributed by atoms with van der Waals surface area (Å²) in [6, 6.07) is 9.96. The van der Waals surface area contributed by atoms with Crippen molar-refractivity contribution in [2.24, 2.45) is 0 Å². The number of nitrogens with one attached hydrogen (secondary N) is 1. The lowest BCUT2D eigenvalue weighted by molar-refractivity contribution is 0.0955. The summed E-state index contributed by atoms with van der Waals surface area (Å²) < 4.78 is 2.03. The number of imidazole rings is 1. The molecule has 1 amide bonds. The van der Waals surface area contributed by atoms with Gasteiger partial charge in [-0.05, 0) is 57.1 Å². The van der Waals surface area contributed by atoms with Crippen LogP contribution in [0.3, 0.4) is 0 Å². The number of rotatable bonds is 6. The molecule has 1 fully saturated rings. The van der Waals surface area contributed by atoms with Crippen molar-refractivity contribution in [1.29, 1.82) is 0 Å². The summed E-state index contributed by atoms with van der Waals surface area (Å²) in [5.74, 6) is 0.0179. The van der Waals surface area contributed by atoms with E-state index in [1.54, 1.807) is 0 Å². The average Bonchev–Trinajstić information content (AvgIpc) is 3.33. The smallest absolute Gasteiger partial charge is 0.261 e. The van der Waals surface area contributed by atoms with Crippen LogP contribution in [-0.4, -0.2) is 46.5 Å². The Bertz CT molecular complexity index is 879. The van der Waals surface area contributed by atoms with Gasteiger partial charge in [0.2, 0.25) is 0 Å². The Morgan fingerprint density at radius 3 is 2.92 bits per heavy atom. The largest absolute Gasteiger partial charge is 0.351 e. The molecule has 1 aliphatic rings. The fraction of sp³-hybridized carbons (Fsp3) is 0.400. The Labute approximate surface area is 157 Å². The molecular weight excluding hydrogens is 344 g/mol. The fourth-order valence-electron chi connectivity index (χ4n) is 3.51. The van der Waals surface area contributed by atoms with E-state index in [4.69, 9.17) is 0 Å². The standard InChI is InChI=1S/C20H24N4OS/c25-20(21-9-6-12-23-10-4-1-5-11-23)19-13-16(14-26-19)24-15-22-17-7-2-3-8-18(17)24/h2-3,7-8,13-15H,1,4-6,9-12H2,(H,21,25). The molecule has 0 spiro atoms. The summed E-state index contributed by atoms with van der Waals surface area (Å²) in [6.07, 6.45) is 6.81. The van der Waals surface area contributed by atoms with Gasteiger partial charge in [-0.25, -0.2) is 4.98 Å². The van der Waals surface area contributed by atoms with E-state index in [9.17, 15) is 4.79 Å². The SMILES string of the molecule is O=C(NCCCN1CCCCC1)c1cc(-n2cnc3ccccc32)cs1. The Morgan fingerprint density at radius 1 is 1.19 bits per heavy atom. The van der Waals surface area contributed by atoms with Crippen molar-refractivity contribution >= 4 is 28.3 Å². The van der Waals surface area contributed by atoms with Crippen molar-refractivity contribution in [2.45, 2.75) is 25.7 Å². The van der Waals surface area contributed by atoms with Gasteiger partial charge in [-0.3, -0.25) is 9.36 Å². The number of hydrogen-bond acceptors (Lipinski definition) is 4. The quantitative estimate of drug-likeness (QED) is 0.675. The Morgan fingerprint density at radius 2 is 2.04 bits per heavy atom. The van der Waals surface area contributed by atoms with Crippen molar-refractivity contribution in [3.05, 3.63) is 46.9 Å². The van der Waals surface area contributed by atoms with E-state index in [0.717, 1.165) is 41.1 Å². The lowest BCUT2D eigenvalue weighted by Gasteiger charge is -2.26. The van der Waals surface area contributed by atoms with Gasteiger partial charge >= 0.3 is 0 Å². The maximum atomic E-state index is 12.4. The van der Waals surface area contributed by atoms with Gasteiger partial charge in [0, 0.05) is 11.9 Å². The molecule has 4 rings (SSSR count). The Balaban J connectivity index is 1.33. The van der Waals surface area contributed by atoms with Crippen LogP contribution in [0.25, 0.3) is 16.7 Å². The van der Waals surface area contributed by atoms with Gasteiger partial charge in [-0.15, -0.1) is 11.3 Å². The third-order valence-corrected chi connectivity index (χ3v) is 5.84. The summed E-state index contributed by atoms with van der Waals surface area (Å²) in [4.78, 5) is 20.1. The van der Waals surface area contributed by atoms with Gasteiger partial charge in [0.15, 0.2) is 0 Å². The second-order valence-electron chi connectivity index (χ2n) is 6.78. The van der Waals surface area contributed by atoms with Gasteiger partial charge in [0.05, 0.1) is 21.6 Å². The second kappa shape index (κ2) is 8.01. The van der Waals surface area contributed by atoms with Gasteiger partial charge < -0.3 is 10.2 Å². The van der Waals surface area contributed by atoms with Crippen LogP contribution >= 0.6 is 11.3 Å². The lowest BCUT2D eigenvalue weighted by atomic mass is 10.1. The highest BCUT2D eigenvalue weighted by Gasteiger charge is 2.12. The second-order valence-corrected chi connectivity index (χ2v) is 7.70. The van der Waals surface area contributed by atoms with Crippen LogP contribution in [0.2, 0.25) is 0 Å². The zero-order valence-electron chi connectivity index (χ0n) is 14.9. The molecule has 5 nitrogen and oxygen atoms in total. The third-order valence-electron chi connectivity index (χ3n) is 4.93. The van der Waals surface area contributed by atoms with Crippen LogP contribution in [0.5, 0.6) is 0 Å². The monoisotopic (exact) mass is 368 g/mol. The highest BCUT2D eigenvalue weighted by Crippen LogP contribution is 2.23. The molecule has 0 unspecified atom stereocenters. The van der Waals surface area contributed by atoms with E-state index in [-0.39, 0.29) is 5.91 Å². The molecule has 1 aromatic carbocycles. The number of carbonyl (C=O) groups is 1. The molecule has 1 saturated heterocycles. The number of carbonyl (C=O) groups excluding carboxylic acids is 1. The molecule has 0 saturated carbocycles. The van der Waals surface area contributed by atoms with E-state index in [1.807, 2.05) is 46.6 Å². The Hall–Kier alpha value is -2.18. The topological polar surface area (TPSA) is 50.2 Å². The van der Waals surface area contributed by atoms with Crippen molar-refractivity contribution in [3.8, 4) is 5.69 Å². The third kappa shape index (κ3) is 3.81. The minimum absolute atomic E-state index is 0.0179. The highest BCUT2D eigenvalue weighted by atomic mass is 32.1. The fourth-order valence-corrected chi connectivity index (χ4v) is 4.31. The molecule has 0 atom stereocenters. The van der Waals surface area contributed by atoms with E-state index in [0.29, 0.717) is 0 Å². The molecule has 26 heavy (non-hydrogen) atoms. The van der Waals surface area contributed by atoms with Gasteiger partial charge in [-0.1, -0.05) is 18.6 Å². The summed E-state index contributed by atoms with van der Waals surface area (Å²) in [5.41, 5.74) is 3.00. The number of hydrogen-bond donors (Lipinski definition) is 1. The van der Waals surface area contributed by atoms with Crippen molar-refractivity contribution < 1.29 is 4.79 Å². The first kappa shape index (κ1) is 17.2. The molecule has 0 radical (unpaired) electrons. The number of thiophene rings is 1.